The SMILES string of the molecule is NC(=O)C1=CN([C@@H]2O[C@H](COP(=O)(O)OP(=O)(O)OC[C@H]3O[C@@H](n4cnc5c(N)ncnc54)[C@H](OP(=O)(O)O)[C@@H]3O)[C@@H](O)[C@H]2O)[C@@H](O)CC1. The van der Waals surface area contributed by atoms with Gasteiger partial charge in [0.1, 0.15) is 54.7 Å². The van der Waals surface area contributed by atoms with E-state index in [0.29, 0.717) is 0 Å². The Kier molecular flexibility index (Phi) is 11.0. The van der Waals surface area contributed by atoms with E-state index in [1.165, 1.54) is 0 Å². The first-order chi connectivity index (χ1) is 22.8. The summed E-state index contributed by atoms with van der Waals surface area (Å²) in [7, 11) is -16.4. The molecule has 0 spiro atoms. The third-order valence-corrected chi connectivity index (χ3v) is 10.6. The van der Waals surface area contributed by atoms with Gasteiger partial charge < -0.3 is 65.8 Å². The number of anilines is 1. The average Bonchev–Trinajstić information content (AvgIpc) is 3.64. The fraction of sp³-hybridized carbons (Fsp3) is 0.619. The lowest BCUT2D eigenvalue weighted by Gasteiger charge is -2.36. The first-order valence-electron chi connectivity index (χ1n) is 13.9. The number of aliphatic hydroxyl groups excluding tert-OH is 4. The van der Waals surface area contributed by atoms with Crippen LogP contribution in [0.4, 0.5) is 5.82 Å². The zero-order chi connectivity index (χ0) is 36.1. The number of imidazole rings is 1. The second-order valence-electron chi connectivity index (χ2n) is 10.8. The van der Waals surface area contributed by atoms with Crippen LogP contribution in [0.25, 0.3) is 11.2 Å². The number of fused-ring (bicyclic) bond motifs is 1. The number of hydrogen-bond donors (Lipinski definition) is 10. The lowest BCUT2D eigenvalue weighted by molar-refractivity contribution is -0.137. The normalized spacial score (nSPS) is 33.3. The molecule has 2 unspecified atom stereocenters. The van der Waals surface area contributed by atoms with Gasteiger partial charge in [-0.2, -0.15) is 4.31 Å². The second kappa shape index (κ2) is 14.3. The minimum atomic E-state index is -5.55. The van der Waals surface area contributed by atoms with E-state index < -0.39 is 97.9 Å². The molecule has 28 heteroatoms. The maximum Gasteiger partial charge on any atom is 0.481 e. The molecular weight excluding hydrogens is 731 g/mol. The van der Waals surface area contributed by atoms with Crippen LogP contribution in [0.2, 0.25) is 0 Å². The molecular formula is C21H32N7O18P3. The molecule has 12 N–H and O–H groups in total. The number of ether oxygens (including phenoxy) is 2. The highest BCUT2D eigenvalue weighted by Crippen LogP contribution is 2.61. The number of nitrogen functional groups attached to an aromatic ring is 1. The van der Waals surface area contributed by atoms with Crippen LogP contribution in [0.15, 0.2) is 24.4 Å². The first-order valence-corrected chi connectivity index (χ1v) is 18.4. The highest BCUT2D eigenvalue weighted by molar-refractivity contribution is 7.61. The number of rotatable bonds is 13. The maximum atomic E-state index is 12.6. The summed E-state index contributed by atoms with van der Waals surface area (Å²) < 4.78 is 67.2. The predicted octanol–water partition coefficient (Wildman–Crippen LogP) is -3.37. The number of nitrogens with zero attached hydrogens (tertiary/aromatic N) is 5. The van der Waals surface area contributed by atoms with Crippen molar-refractivity contribution in [1.29, 1.82) is 0 Å². The van der Waals surface area contributed by atoms with Crippen LogP contribution >= 0.6 is 23.5 Å². The van der Waals surface area contributed by atoms with E-state index >= 15 is 0 Å². The Balaban J connectivity index is 1.20. The Hall–Kier alpha value is -2.51. The van der Waals surface area contributed by atoms with Crippen LogP contribution in [-0.2, 0) is 45.8 Å². The van der Waals surface area contributed by atoms with Gasteiger partial charge in [-0.05, 0) is 12.8 Å². The highest BCUT2D eigenvalue weighted by atomic mass is 31.3. The number of carbonyl (C=O) groups excluding carboxylic acids is 1. The monoisotopic (exact) mass is 763 g/mol. The molecule has 1 amide bonds. The number of hydrogen-bond acceptors (Lipinski definition) is 19. The number of amides is 1. The minimum Gasteiger partial charge on any atom is -0.387 e. The molecule has 2 fully saturated rings. The van der Waals surface area contributed by atoms with Crippen molar-refractivity contribution in [3.63, 3.8) is 0 Å². The molecule has 11 atom stereocenters. The smallest absolute Gasteiger partial charge is 0.387 e. The van der Waals surface area contributed by atoms with E-state index in [1.54, 1.807) is 0 Å². The van der Waals surface area contributed by atoms with Crippen molar-refractivity contribution in [3.8, 4) is 0 Å². The van der Waals surface area contributed by atoms with Crippen molar-refractivity contribution in [2.24, 2.45) is 5.73 Å². The van der Waals surface area contributed by atoms with Crippen molar-refractivity contribution in [1.82, 2.24) is 24.4 Å². The molecule has 2 aromatic heterocycles. The number of carbonyl (C=O) groups is 1. The quantitative estimate of drug-likeness (QED) is 0.0890. The molecule has 49 heavy (non-hydrogen) atoms. The van der Waals surface area contributed by atoms with Crippen LogP contribution in [0, 0.1) is 0 Å². The summed E-state index contributed by atoms with van der Waals surface area (Å²) in [6.45, 7) is -2.10. The second-order valence-corrected chi connectivity index (χ2v) is 15.1. The number of nitrogens with two attached hydrogens (primary N) is 2. The van der Waals surface area contributed by atoms with Crippen molar-refractivity contribution < 1.29 is 85.8 Å². The standard InChI is InChI=1S/C21H32N7O18P3/c22-17-12-19(25-6-24-17)28(7-26-12)21-16(45-47(34,35)36)14(31)10(44-21)5-42-49(39,40)46-48(37,38)41-4-9-13(30)15(32)20(43-9)27-3-8(18(23)33)1-2-11(27)29/h3,6-7,9-11,13-16,20-21,29-32H,1-2,4-5H2,(H2,23,33)(H,37,38)(H,39,40)(H2,22,24,25)(H2,34,35,36)/t9-,10-,11+,13-,14-,15-,16-,20-,21-/m1/s1. The van der Waals surface area contributed by atoms with E-state index in [-0.39, 0.29) is 35.4 Å². The third kappa shape index (κ3) is 8.52. The van der Waals surface area contributed by atoms with Gasteiger partial charge in [-0.15, -0.1) is 0 Å². The largest absolute Gasteiger partial charge is 0.481 e. The van der Waals surface area contributed by atoms with Crippen LogP contribution in [0.3, 0.4) is 0 Å². The summed E-state index contributed by atoms with van der Waals surface area (Å²) in [5.41, 5.74) is 11.2. The molecule has 0 aromatic carbocycles. The van der Waals surface area contributed by atoms with Crippen LogP contribution in [-0.4, -0.2) is 133 Å². The van der Waals surface area contributed by atoms with Crippen molar-refractivity contribution >= 4 is 46.4 Å². The van der Waals surface area contributed by atoms with Crippen molar-refractivity contribution in [3.05, 3.63) is 24.4 Å². The Morgan fingerprint density at radius 3 is 2.14 bits per heavy atom. The van der Waals surface area contributed by atoms with Crippen molar-refractivity contribution in [2.75, 3.05) is 18.9 Å². The summed E-state index contributed by atoms with van der Waals surface area (Å²) in [6.07, 6.45) is -11.5. The van der Waals surface area contributed by atoms with Crippen LogP contribution < -0.4 is 11.5 Å². The van der Waals surface area contributed by atoms with E-state index in [9.17, 15) is 58.5 Å². The lowest BCUT2D eigenvalue weighted by Crippen LogP contribution is -2.48. The van der Waals surface area contributed by atoms with E-state index in [4.69, 9.17) is 25.5 Å². The Labute approximate surface area is 274 Å². The van der Waals surface area contributed by atoms with E-state index in [2.05, 4.69) is 28.3 Å². The minimum absolute atomic E-state index is 0.00528. The molecule has 25 nitrogen and oxygen atoms in total. The molecule has 274 valence electrons. The van der Waals surface area contributed by atoms with Gasteiger partial charge in [-0.1, -0.05) is 0 Å². The van der Waals surface area contributed by atoms with Gasteiger partial charge in [0.05, 0.1) is 19.5 Å². The molecule has 2 saturated heterocycles. The number of aliphatic hydroxyl groups is 4. The molecule has 0 radical (unpaired) electrons. The number of aromatic nitrogens is 4. The molecule has 3 aliphatic rings. The fourth-order valence-electron chi connectivity index (χ4n) is 5.23. The van der Waals surface area contributed by atoms with Crippen LogP contribution in [0.5, 0.6) is 0 Å². The average molecular weight is 763 g/mol. The summed E-state index contributed by atoms with van der Waals surface area (Å²) >= 11 is 0. The summed E-state index contributed by atoms with van der Waals surface area (Å²) in [4.78, 5) is 63.3. The van der Waals surface area contributed by atoms with E-state index in [1.807, 2.05) is 0 Å². The zero-order valence-corrected chi connectivity index (χ0v) is 27.3. The van der Waals surface area contributed by atoms with Gasteiger partial charge in [-0.25, -0.2) is 28.6 Å². The number of phosphoric acid groups is 3. The predicted molar refractivity (Wildman–Crippen MR) is 154 cm³/mol. The summed E-state index contributed by atoms with van der Waals surface area (Å²) in [5.74, 6) is -0.861. The Morgan fingerprint density at radius 1 is 0.918 bits per heavy atom. The molecule has 0 aliphatic carbocycles. The van der Waals surface area contributed by atoms with Crippen LogP contribution in [0.1, 0.15) is 19.1 Å². The topological polar surface area (TPSA) is 384 Å². The molecule has 0 bridgehead atoms. The van der Waals surface area contributed by atoms with Gasteiger partial charge >= 0.3 is 23.5 Å². The van der Waals surface area contributed by atoms with Gasteiger partial charge in [0.25, 0.3) is 0 Å². The number of phosphoric ester groups is 3. The van der Waals surface area contributed by atoms with Crippen molar-refractivity contribution in [2.45, 2.75) is 68.1 Å². The summed E-state index contributed by atoms with van der Waals surface area (Å²) in [6, 6.07) is 0. The Morgan fingerprint density at radius 2 is 1.53 bits per heavy atom. The number of primary amides is 1. The Bertz CT molecular complexity index is 1720. The van der Waals surface area contributed by atoms with Gasteiger partial charge in [0.15, 0.2) is 23.9 Å². The molecule has 2 aromatic rings. The molecule has 0 saturated carbocycles. The lowest BCUT2D eigenvalue weighted by atomic mass is 10.0. The van der Waals surface area contributed by atoms with Gasteiger partial charge in [-0.3, -0.25) is 22.9 Å². The maximum absolute atomic E-state index is 12.6. The highest BCUT2D eigenvalue weighted by Gasteiger charge is 2.51. The van der Waals surface area contributed by atoms with E-state index in [0.717, 1.165) is 28.3 Å². The molecule has 5 heterocycles. The van der Waals surface area contributed by atoms with Gasteiger partial charge in [0, 0.05) is 11.8 Å². The first kappa shape index (κ1) is 37.7. The fourth-order valence-corrected chi connectivity index (χ4v) is 7.87. The van der Waals surface area contributed by atoms with Gasteiger partial charge in [0.2, 0.25) is 5.91 Å². The third-order valence-electron chi connectivity index (χ3n) is 7.51. The zero-order valence-electron chi connectivity index (χ0n) is 24.6. The molecule has 3 aliphatic heterocycles. The molecule has 5 rings (SSSR count). The summed E-state index contributed by atoms with van der Waals surface area (Å²) in [5, 5.41) is 41.9.